The molecule has 198 valence electrons. The summed E-state index contributed by atoms with van der Waals surface area (Å²) in [7, 11) is 0. The molecule has 0 bridgehead atoms. The molecule has 2 aromatic heterocycles. The Kier molecular flexibility index (Phi) is 6.88. The highest BCUT2D eigenvalue weighted by molar-refractivity contribution is 6.23. The zero-order chi connectivity index (χ0) is 27.7. The van der Waals surface area contributed by atoms with Crippen molar-refractivity contribution >= 4 is 40.5 Å². The van der Waals surface area contributed by atoms with Crippen molar-refractivity contribution in [3.63, 3.8) is 0 Å². The van der Waals surface area contributed by atoms with E-state index in [1.807, 2.05) is 13.8 Å². The Bertz CT molecular complexity index is 1590. The van der Waals surface area contributed by atoms with Gasteiger partial charge in [0.15, 0.2) is 0 Å². The number of nitrogens with one attached hydrogen (secondary N) is 3. The molecule has 0 saturated heterocycles. The van der Waals surface area contributed by atoms with Crippen LogP contribution in [0.2, 0.25) is 0 Å². The second-order valence-corrected chi connectivity index (χ2v) is 9.27. The standard InChI is InChI=1S/C28H26FN7O3/c1-15-12-16(2)33-28(32-15)35-27(30-11-10-18-14-31-23-9-8-19(29)13-22(18)23)34-24(37)17(3)36-25(38)20-6-4-5-7-21(20)26(36)39/h4-9,12-14,17,31H,10-11H2,1-3H3,(H2,30,32,33,34,35,37)/t17-/m0/s1. The SMILES string of the molecule is Cc1cc(C)nc(NC(=NCCc2c[nH]c3ccc(F)cc23)NC(=O)[C@H](C)N2C(=O)c3ccccc3C2=O)n1. The lowest BCUT2D eigenvalue weighted by Gasteiger charge is -2.22. The van der Waals surface area contributed by atoms with Crippen LogP contribution in [-0.4, -0.2) is 56.1 Å². The summed E-state index contributed by atoms with van der Waals surface area (Å²) in [5.41, 5.74) is 3.62. The second-order valence-electron chi connectivity index (χ2n) is 9.27. The Balaban J connectivity index is 1.36. The first-order chi connectivity index (χ1) is 18.7. The lowest BCUT2D eigenvalue weighted by Crippen LogP contribution is -2.50. The summed E-state index contributed by atoms with van der Waals surface area (Å²) in [6, 6.07) is 11.7. The normalized spacial score (nSPS) is 14.1. The maximum atomic E-state index is 13.8. The predicted molar refractivity (Wildman–Crippen MR) is 144 cm³/mol. The molecule has 1 aliphatic heterocycles. The van der Waals surface area contributed by atoms with Gasteiger partial charge in [0.2, 0.25) is 17.8 Å². The van der Waals surface area contributed by atoms with Gasteiger partial charge in [-0.15, -0.1) is 0 Å². The van der Waals surface area contributed by atoms with Gasteiger partial charge in [-0.2, -0.15) is 0 Å². The van der Waals surface area contributed by atoms with Crippen LogP contribution < -0.4 is 10.6 Å². The molecule has 11 heteroatoms. The number of nitrogens with zero attached hydrogens (tertiary/aromatic N) is 4. The number of aliphatic imine (C=N–C) groups is 1. The van der Waals surface area contributed by atoms with Crippen LogP contribution in [0.5, 0.6) is 0 Å². The average Bonchev–Trinajstić information content (AvgIpc) is 3.40. The summed E-state index contributed by atoms with van der Waals surface area (Å²) in [5.74, 6) is -1.73. The predicted octanol–water partition coefficient (Wildman–Crippen LogP) is 3.53. The fourth-order valence-corrected chi connectivity index (χ4v) is 4.54. The van der Waals surface area contributed by atoms with Crippen LogP contribution in [0.4, 0.5) is 10.3 Å². The molecule has 3 amide bonds. The molecule has 3 heterocycles. The van der Waals surface area contributed by atoms with Crippen LogP contribution in [0.15, 0.2) is 59.7 Å². The minimum absolute atomic E-state index is 0.0551. The van der Waals surface area contributed by atoms with Crippen LogP contribution in [0, 0.1) is 19.7 Å². The largest absolute Gasteiger partial charge is 0.361 e. The molecule has 1 aliphatic rings. The van der Waals surface area contributed by atoms with Crippen molar-refractivity contribution in [1.82, 2.24) is 25.2 Å². The number of H-pyrrole nitrogens is 1. The zero-order valence-corrected chi connectivity index (χ0v) is 21.6. The number of carbonyl (C=O) groups is 3. The number of carbonyl (C=O) groups excluding carboxylic acids is 3. The van der Waals surface area contributed by atoms with Crippen molar-refractivity contribution in [1.29, 1.82) is 0 Å². The summed E-state index contributed by atoms with van der Waals surface area (Å²) in [6.45, 7) is 5.34. The highest BCUT2D eigenvalue weighted by Crippen LogP contribution is 2.24. The smallest absolute Gasteiger partial charge is 0.262 e. The van der Waals surface area contributed by atoms with Gasteiger partial charge < -0.3 is 4.98 Å². The topological polar surface area (TPSA) is 132 Å². The minimum atomic E-state index is -1.11. The van der Waals surface area contributed by atoms with E-state index in [4.69, 9.17) is 0 Å². The zero-order valence-electron chi connectivity index (χ0n) is 21.6. The van der Waals surface area contributed by atoms with Crippen LogP contribution in [0.3, 0.4) is 0 Å². The molecular weight excluding hydrogens is 501 g/mol. The number of rotatable bonds is 6. The van der Waals surface area contributed by atoms with Gasteiger partial charge in [-0.3, -0.25) is 34.9 Å². The number of aryl methyl sites for hydroxylation is 2. The third-order valence-corrected chi connectivity index (χ3v) is 6.43. The molecule has 4 aromatic rings. The molecule has 3 N–H and O–H groups in total. The number of imide groups is 1. The molecule has 0 spiro atoms. The summed E-state index contributed by atoms with van der Waals surface area (Å²) in [5, 5.41) is 6.37. The second kappa shape index (κ2) is 10.4. The summed E-state index contributed by atoms with van der Waals surface area (Å²) < 4.78 is 13.8. The van der Waals surface area contributed by atoms with Crippen molar-refractivity contribution in [3.8, 4) is 0 Å². The Morgan fingerprint density at radius 3 is 2.38 bits per heavy atom. The molecule has 0 saturated carbocycles. The third kappa shape index (κ3) is 5.24. The quantitative estimate of drug-likeness (QED) is 0.200. The number of hydrogen-bond donors (Lipinski definition) is 3. The van der Waals surface area contributed by atoms with Gasteiger partial charge in [0.25, 0.3) is 11.8 Å². The molecule has 39 heavy (non-hydrogen) atoms. The fourth-order valence-electron chi connectivity index (χ4n) is 4.54. The maximum absolute atomic E-state index is 13.8. The first-order valence-electron chi connectivity index (χ1n) is 12.4. The number of benzene rings is 2. The van der Waals surface area contributed by atoms with Crippen molar-refractivity contribution in [2.75, 3.05) is 11.9 Å². The molecule has 1 atom stereocenters. The van der Waals surface area contributed by atoms with E-state index in [-0.39, 0.29) is 35.4 Å². The van der Waals surface area contributed by atoms with Gasteiger partial charge in [0.1, 0.15) is 11.9 Å². The number of halogens is 1. The first-order valence-corrected chi connectivity index (χ1v) is 12.4. The highest BCUT2D eigenvalue weighted by Gasteiger charge is 2.40. The number of guanidine groups is 1. The number of amides is 3. The monoisotopic (exact) mass is 527 g/mol. The number of aromatic amines is 1. The van der Waals surface area contributed by atoms with E-state index in [2.05, 4.69) is 30.6 Å². The third-order valence-electron chi connectivity index (χ3n) is 6.43. The van der Waals surface area contributed by atoms with Crippen LogP contribution in [0.25, 0.3) is 10.9 Å². The maximum Gasteiger partial charge on any atom is 0.262 e. The molecule has 5 rings (SSSR count). The molecule has 10 nitrogen and oxygen atoms in total. The highest BCUT2D eigenvalue weighted by atomic mass is 19.1. The Labute approximate surface area is 223 Å². The molecule has 0 aliphatic carbocycles. The Morgan fingerprint density at radius 1 is 1.05 bits per heavy atom. The van der Waals surface area contributed by atoms with Crippen molar-refractivity contribution in [2.45, 2.75) is 33.2 Å². The van der Waals surface area contributed by atoms with Crippen LogP contribution in [-0.2, 0) is 11.2 Å². The van der Waals surface area contributed by atoms with Crippen molar-refractivity contribution < 1.29 is 18.8 Å². The molecule has 0 unspecified atom stereocenters. The molecule has 0 fully saturated rings. The average molecular weight is 528 g/mol. The van der Waals surface area contributed by atoms with Crippen molar-refractivity contribution in [2.24, 2.45) is 4.99 Å². The van der Waals surface area contributed by atoms with E-state index >= 15 is 0 Å². The van der Waals surface area contributed by atoms with Gasteiger partial charge in [0.05, 0.1) is 11.1 Å². The van der Waals surface area contributed by atoms with E-state index in [0.29, 0.717) is 6.42 Å². The van der Waals surface area contributed by atoms with Gasteiger partial charge in [0, 0.05) is 35.0 Å². The van der Waals surface area contributed by atoms with Gasteiger partial charge in [-0.05, 0) is 69.2 Å². The van der Waals surface area contributed by atoms with E-state index in [1.54, 1.807) is 42.6 Å². The molecule has 0 radical (unpaired) electrons. The van der Waals surface area contributed by atoms with E-state index in [0.717, 1.165) is 32.8 Å². The van der Waals surface area contributed by atoms with Gasteiger partial charge >= 0.3 is 0 Å². The lowest BCUT2D eigenvalue weighted by molar-refractivity contribution is -0.123. The van der Waals surface area contributed by atoms with E-state index in [9.17, 15) is 18.8 Å². The Morgan fingerprint density at radius 2 is 1.72 bits per heavy atom. The number of fused-ring (bicyclic) bond motifs is 2. The summed E-state index contributed by atoms with van der Waals surface area (Å²) in [6.07, 6.45) is 2.24. The van der Waals surface area contributed by atoms with Crippen LogP contribution in [0.1, 0.15) is 44.6 Å². The Hall–Kier alpha value is -4.93. The number of aromatic nitrogens is 3. The number of hydrogen-bond acceptors (Lipinski definition) is 6. The summed E-state index contributed by atoms with van der Waals surface area (Å²) in [4.78, 5) is 56.2. The lowest BCUT2D eigenvalue weighted by atomic mass is 10.1. The van der Waals surface area contributed by atoms with E-state index < -0.39 is 23.8 Å². The number of anilines is 1. The van der Waals surface area contributed by atoms with Crippen LogP contribution >= 0.6 is 0 Å². The van der Waals surface area contributed by atoms with Gasteiger partial charge in [-0.1, -0.05) is 12.1 Å². The van der Waals surface area contributed by atoms with Crippen molar-refractivity contribution in [3.05, 3.63) is 88.6 Å². The minimum Gasteiger partial charge on any atom is -0.361 e. The fraction of sp³-hybridized carbons (Fsp3) is 0.214. The first kappa shape index (κ1) is 25.7. The molecular formula is C28H26FN7O3. The summed E-state index contributed by atoms with van der Waals surface area (Å²) >= 11 is 0. The molecule has 2 aromatic carbocycles. The van der Waals surface area contributed by atoms with Gasteiger partial charge in [-0.25, -0.2) is 14.4 Å². The van der Waals surface area contributed by atoms with E-state index in [1.165, 1.54) is 19.1 Å².